The van der Waals surface area contributed by atoms with Crippen molar-refractivity contribution in [1.82, 2.24) is 5.32 Å². The fraction of sp³-hybridized carbons (Fsp3) is 0.945. The average molecular weight is 991 g/mol. The number of rotatable bonds is 50. The summed E-state index contributed by atoms with van der Waals surface area (Å²) in [6.45, 7) is 3.40. The van der Waals surface area contributed by atoms with Gasteiger partial charge in [-0.1, -0.05) is 264 Å². The highest BCUT2D eigenvalue weighted by atomic mass is 32.3. The molecule has 0 aromatic carbocycles. The molecular weight excluding hydrogens is 883 g/mol. The normalized spacial score (nSPS) is 19.8. The van der Waals surface area contributed by atoms with Gasteiger partial charge in [0.15, 0.2) is 6.29 Å². The summed E-state index contributed by atoms with van der Waals surface area (Å²) >= 11 is 0. The molecule has 1 aliphatic heterocycles. The van der Waals surface area contributed by atoms with Gasteiger partial charge in [-0.3, -0.25) is 9.35 Å². The number of aliphatic hydroxyl groups excluding tert-OH is 4. The number of aliphatic hydroxyl groups is 4. The Balaban J connectivity index is 2.23. The zero-order chi connectivity index (χ0) is 49.8. The van der Waals surface area contributed by atoms with Gasteiger partial charge in [0.25, 0.3) is 0 Å². The maximum Gasteiger partial charge on any atom is 0.397 e. The Hall–Kier alpha value is -1.16. The van der Waals surface area contributed by atoms with Gasteiger partial charge in [0.1, 0.15) is 24.4 Å². The van der Waals surface area contributed by atoms with Crippen LogP contribution >= 0.6 is 0 Å². The Kier molecular flexibility index (Phi) is 43.6. The second-order valence-electron chi connectivity index (χ2n) is 20.2. The molecule has 1 aliphatic rings. The molecule has 0 aromatic rings. The first-order chi connectivity index (χ1) is 33.0. The Morgan fingerprint density at radius 3 is 1.28 bits per heavy atom. The summed E-state index contributed by atoms with van der Waals surface area (Å²) in [5.41, 5.74) is 0. The van der Waals surface area contributed by atoms with Gasteiger partial charge in [-0.25, -0.2) is 4.18 Å². The topological polar surface area (TPSA) is 192 Å². The van der Waals surface area contributed by atoms with Crippen LogP contribution in [0, 0.1) is 0 Å². The van der Waals surface area contributed by atoms with E-state index in [2.05, 4.69) is 23.3 Å². The molecule has 0 bridgehead atoms. The van der Waals surface area contributed by atoms with Crippen molar-refractivity contribution < 1.29 is 51.8 Å². The third-order valence-corrected chi connectivity index (χ3v) is 14.3. The van der Waals surface area contributed by atoms with Gasteiger partial charge in [0.05, 0.1) is 25.4 Å². The van der Waals surface area contributed by atoms with Crippen LogP contribution in [0.1, 0.15) is 277 Å². The van der Waals surface area contributed by atoms with Crippen LogP contribution in [0.2, 0.25) is 0 Å². The second kappa shape index (κ2) is 45.7. The first kappa shape index (κ1) is 64.9. The largest absolute Gasteiger partial charge is 0.397 e. The van der Waals surface area contributed by atoms with Crippen molar-refractivity contribution in [3.63, 3.8) is 0 Å². The molecule has 404 valence electrons. The third-order valence-electron chi connectivity index (χ3n) is 13.8. The molecule has 12 nitrogen and oxygen atoms in total. The number of nitrogens with one attached hydrogen (secondary N) is 1. The lowest BCUT2D eigenvalue weighted by Crippen LogP contribution is -2.61. The van der Waals surface area contributed by atoms with Crippen LogP contribution in [0.25, 0.3) is 0 Å². The minimum Gasteiger partial charge on any atom is -0.394 e. The van der Waals surface area contributed by atoms with Crippen LogP contribution in [-0.4, -0.2) is 95.4 Å². The van der Waals surface area contributed by atoms with E-state index >= 15 is 0 Å². The van der Waals surface area contributed by atoms with E-state index in [-0.39, 0.29) is 18.9 Å². The van der Waals surface area contributed by atoms with E-state index in [0.717, 1.165) is 38.5 Å². The lowest BCUT2D eigenvalue weighted by Gasteiger charge is -2.41. The van der Waals surface area contributed by atoms with Crippen LogP contribution in [0.15, 0.2) is 12.2 Å². The maximum absolute atomic E-state index is 13.1. The Bertz CT molecular complexity index is 1260. The van der Waals surface area contributed by atoms with Crippen LogP contribution in [0.4, 0.5) is 0 Å². The molecule has 6 N–H and O–H groups in total. The first-order valence-electron chi connectivity index (χ1n) is 28.6. The van der Waals surface area contributed by atoms with Gasteiger partial charge < -0.3 is 35.2 Å². The number of hydrogen-bond donors (Lipinski definition) is 6. The molecule has 1 fully saturated rings. The highest BCUT2D eigenvalue weighted by Gasteiger charge is 2.48. The van der Waals surface area contributed by atoms with E-state index in [1.807, 2.05) is 6.08 Å². The molecule has 1 rings (SSSR count). The van der Waals surface area contributed by atoms with E-state index in [1.54, 1.807) is 6.08 Å². The van der Waals surface area contributed by atoms with Gasteiger partial charge in [-0.15, -0.1) is 0 Å². The van der Waals surface area contributed by atoms with E-state index in [1.165, 1.54) is 212 Å². The van der Waals surface area contributed by atoms with Crippen molar-refractivity contribution in [2.75, 3.05) is 13.2 Å². The number of allylic oxidation sites excluding steroid dienone is 1. The summed E-state index contributed by atoms with van der Waals surface area (Å²) in [6, 6.07) is -0.938. The molecule has 0 saturated carbocycles. The highest BCUT2D eigenvalue weighted by Crippen LogP contribution is 2.26. The van der Waals surface area contributed by atoms with Crippen molar-refractivity contribution >= 4 is 16.3 Å². The number of unbranched alkanes of at least 4 members (excludes halogenated alkanes) is 38. The van der Waals surface area contributed by atoms with Crippen LogP contribution in [0.5, 0.6) is 0 Å². The van der Waals surface area contributed by atoms with Crippen molar-refractivity contribution in [1.29, 1.82) is 0 Å². The van der Waals surface area contributed by atoms with Crippen LogP contribution in [-0.2, 0) is 28.9 Å². The standard InChI is InChI=1S/C55H107NO11S/c1-3-5-7-9-11-13-15-16-17-18-19-20-21-22-23-24-25-26-27-28-29-30-31-32-33-35-37-39-41-43-45-51(59)56-48(49(58)44-42-40-38-36-34-14-12-10-8-6-4-2)47-65-55-53(61)54(67-68(62,63)64)52(60)50(46-57)66-55/h42,44,48-50,52-55,57-58,60-61H,3-41,43,45-47H2,1-2H3,(H,56,59)(H,62,63,64)/b44-42+. The maximum atomic E-state index is 13.1. The highest BCUT2D eigenvalue weighted by molar-refractivity contribution is 7.80. The molecular formula is C55H107NO11S. The first-order valence-corrected chi connectivity index (χ1v) is 29.9. The van der Waals surface area contributed by atoms with Gasteiger partial charge >= 0.3 is 10.4 Å². The summed E-state index contributed by atoms with van der Waals surface area (Å²) < 4.78 is 47.7. The summed E-state index contributed by atoms with van der Waals surface area (Å²) in [5.74, 6) is -0.258. The van der Waals surface area contributed by atoms with Crippen molar-refractivity contribution in [3.8, 4) is 0 Å². The van der Waals surface area contributed by atoms with Crippen molar-refractivity contribution in [2.45, 2.75) is 320 Å². The third kappa shape index (κ3) is 37.6. The lowest BCUT2D eigenvalue weighted by molar-refractivity contribution is -0.298. The van der Waals surface area contributed by atoms with Crippen LogP contribution in [0.3, 0.4) is 0 Å². The summed E-state index contributed by atoms with van der Waals surface area (Å²) in [7, 11) is -5.08. The van der Waals surface area contributed by atoms with Gasteiger partial charge in [-0.2, -0.15) is 8.42 Å². The monoisotopic (exact) mass is 990 g/mol. The minimum atomic E-state index is -5.08. The number of ether oxygens (including phenoxy) is 2. The molecule has 0 aromatic heterocycles. The fourth-order valence-corrected chi connectivity index (χ4v) is 9.91. The number of carbonyl (C=O) groups is 1. The predicted octanol–water partition coefficient (Wildman–Crippen LogP) is 13.1. The zero-order valence-electron chi connectivity index (χ0n) is 43.7. The van der Waals surface area contributed by atoms with Gasteiger partial charge in [0.2, 0.25) is 5.91 Å². The van der Waals surface area contributed by atoms with E-state index in [4.69, 9.17) is 9.47 Å². The number of hydrogen-bond acceptors (Lipinski definition) is 10. The van der Waals surface area contributed by atoms with Gasteiger partial charge in [0, 0.05) is 6.42 Å². The molecule has 7 atom stereocenters. The summed E-state index contributed by atoms with van der Waals surface area (Å²) in [5, 5.41) is 44.8. The second-order valence-corrected chi connectivity index (χ2v) is 21.3. The molecule has 7 unspecified atom stereocenters. The summed E-state index contributed by atoms with van der Waals surface area (Å²) in [6.07, 6.45) is 45.8. The Morgan fingerprint density at radius 2 is 0.926 bits per heavy atom. The molecule has 1 amide bonds. The smallest absolute Gasteiger partial charge is 0.394 e. The fourth-order valence-electron chi connectivity index (χ4n) is 9.40. The zero-order valence-corrected chi connectivity index (χ0v) is 44.5. The average Bonchev–Trinajstić information content (AvgIpc) is 3.31. The van der Waals surface area contributed by atoms with E-state index in [0.29, 0.717) is 6.42 Å². The molecule has 0 aliphatic carbocycles. The lowest BCUT2D eigenvalue weighted by atomic mass is 9.99. The van der Waals surface area contributed by atoms with Crippen LogP contribution < -0.4 is 5.32 Å². The SMILES string of the molecule is CCCCCCCCCCC/C=C/C(O)C(COC1OC(CO)C(O)C(OS(=O)(=O)O)C1O)NC(=O)CCCCCCCCCCCCCCCCCCCCCCCCCCCCCCCC. The molecule has 1 saturated heterocycles. The summed E-state index contributed by atoms with van der Waals surface area (Å²) in [4.78, 5) is 13.1. The number of carbonyl (C=O) groups excluding carboxylic acids is 1. The van der Waals surface area contributed by atoms with Gasteiger partial charge in [-0.05, 0) is 19.3 Å². The Labute approximate surface area is 417 Å². The van der Waals surface area contributed by atoms with E-state index < -0.39 is 59.9 Å². The molecule has 0 spiro atoms. The van der Waals surface area contributed by atoms with Crippen molar-refractivity contribution in [2.24, 2.45) is 0 Å². The molecule has 1 heterocycles. The Morgan fingerprint density at radius 1 is 0.574 bits per heavy atom. The molecule has 0 radical (unpaired) electrons. The minimum absolute atomic E-state index is 0.258. The quantitative estimate of drug-likeness (QED) is 0.0193. The van der Waals surface area contributed by atoms with E-state index in [9.17, 15) is 38.2 Å². The predicted molar refractivity (Wildman–Crippen MR) is 278 cm³/mol. The number of amides is 1. The molecule has 68 heavy (non-hydrogen) atoms. The molecule has 13 heteroatoms. The van der Waals surface area contributed by atoms with Crippen molar-refractivity contribution in [3.05, 3.63) is 12.2 Å².